The van der Waals surface area contributed by atoms with E-state index in [1.807, 2.05) is 35.2 Å². The van der Waals surface area contributed by atoms with Crippen molar-refractivity contribution < 1.29 is 0 Å². The first-order chi connectivity index (χ1) is 6.40. The van der Waals surface area contributed by atoms with E-state index < -0.39 is 0 Å². The molecule has 0 saturated heterocycles. The quantitative estimate of drug-likeness (QED) is 0.516. The Labute approximate surface area is 75.2 Å². The number of nitrogens with two attached hydrogens (primary N) is 1. The first-order valence-electron chi connectivity index (χ1n) is 3.84. The van der Waals surface area contributed by atoms with Crippen molar-refractivity contribution in [3.05, 3.63) is 36.7 Å². The molecule has 0 amide bonds. The fourth-order valence-electron chi connectivity index (χ4n) is 1.03. The van der Waals surface area contributed by atoms with Gasteiger partial charge in [-0.2, -0.15) is 0 Å². The summed E-state index contributed by atoms with van der Waals surface area (Å²) in [6.07, 6.45) is 3.80. The minimum absolute atomic E-state index is 0.552. The van der Waals surface area contributed by atoms with Crippen LogP contribution in [0.4, 0.5) is 5.82 Å². The lowest BCUT2D eigenvalue weighted by atomic mass is 10.5. The lowest BCUT2D eigenvalue weighted by Gasteiger charge is -2.01. The zero-order valence-electron chi connectivity index (χ0n) is 6.88. The van der Waals surface area contributed by atoms with Crippen molar-refractivity contribution in [1.29, 1.82) is 0 Å². The summed E-state index contributed by atoms with van der Waals surface area (Å²) < 4.78 is 1.87. The highest BCUT2D eigenvalue weighted by Gasteiger charge is 1.96. The van der Waals surface area contributed by atoms with Crippen molar-refractivity contribution in [3.63, 3.8) is 0 Å². The molecule has 0 aliphatic carbocycles. The zero-order chi connectivity index (χ0) is 9.10. The van der Waals surface area contributed by atoms with Crippen LogP contribution >= 0.6 is 0 Å². The lowest BCUT2D eigenvalue weighted by Crippen LogP contribution is -2.09. The monoisotopic (exact) mass is 175 g/mol. The lowest BCUT2D eigenvalue weighted by molar-refractivity contribution is 0.918. The van der Waals surface area contributed by atoms with Crippen LogP contribution in [-0.4, -0.2) is 14.8 Å². The molecule has 0 fully saturated rings. The number of anilines is 1. The topological polar surface area (TPSA) is 68.8 Å². The molecule has 0 radical (unpaired) electrons. The van der Waals surface area contributed by atoms with Gasteiger partial charge in [-0.3, -0.25) is 0 Å². The van der Waals surface area contributed by atoms with E-state index in [1.165, 1.54) is 0 Å². The van der Waals surface area contributed by atoms with Crippen LogP contribution in [0.3, 0.4) is 0 Å². The second kappa shape index (κ2) is 3.24. The van der Waals surface area contributed by atoms with Crippen LogP contribution in [0.2, 0.25) is 0 Å². The number of aromatic nitrogens is 3. The third kappa shape index (κ3) is 1.50. The van der Waals surface area contributed by atoms with Gasteiger partial charge in [0.25, 0.3) is 0 Å². The van der Waals surface area contributed by atoms with Crippen molar-refractivity contribution in [2.24, 2.45) is 5.84 Å². The van der Waals surface area contributed by atoms with E-state index in [4.69, 9.17) is 5.84 Å². The van der Waals surface area contributed by atoms with Crippen LogP contribution in [-0.2, 0) is 0 Å². The second-order valence-corrected chi connectivity index (χ2v) is 2.51. The Balaban J connectivity index is 2.33. The van der Waals surface area contributed by atoms with E-state index in [-0.39, 0.29) is 0 Å². The molecule has 3 N–H and O–H groups in total. The summed E-state index contributed by atoms with van der Waals surface area (Å²) >= 11 is 0. The van der Waals surface area contributed by atoms with Crippen LogP contribution in [0.5, 0.6) is 0 Å². The summed E-state index contributed by atoms with van der Waals surface area (Å²) in [4.78, 5) is 0. The van der Waals surface area contributed by atoms with E-state index in [9.17, 15) is 0 Å². The third-order valence-electron chi connectivity index (χ3n) is 1.67. The van der Waals surface area contributed by atoms with Crippen molar-refractivity contribution in [3.8, 4) is 5.82 Å². The van der Waals surface area contributed by atoms with Gasteiger partial charge in [-0.25, -0.2) is 5.84 Å². The van der Waals surface area contributed by atoms with E-state index in [2.05, 4.69) is 15.6 Å². The molecule has 2 heterocycles. The summed E-state index contributed by atoms with van der Waals surface area (Å²) in [5.41, 5.74) is 2.42. The molecule has 2 aromatic rings. The van der Waals surface area contributed by atoms with Crippen molar-refractivity contribution in [2.45, 2.75) is 0 Å². The van der Waals surface area contributed by atoms with Gasteiger partial charge in [-0.1, -0.05) is 0 Å². The molecule has 0 bridgehead atoms. The average molecular weight is 175 g/mol. The van der Waals surface area contributed by atoms with Gasteiger partial charge in [-0.05, 0) is 24.3 Å². The maximum atomic E-state index is 5.16. The zero-order valence-corrected chi connectivity index (χ0v) is 6.88. The molecule has 0 aromatic carbocycles. The molecule has 5 heteroatoms. The summed E-state index contributed by atoms with van der Waals surface area (Å²) in [6, 6.07) is 7.46. The van der Waals surface area contributed by atoms with Gasteiger partial charge in [0.05, 0.1) is 0 Å². The Kier molecular flexibility index (Phi) is 1.93. The average Bonchev–Trinajstić information content (AvgIpc) is 2.71. The Bertz CT molecular complexity index is 364. The number of hydrogen-bond donors (Lipinski definition) is 2. The molecule has 66 valence electrons. The fraction of sp³-hybridized carbons (Fsp3) is 0. The predicted octanol–water partition coefficient (Wildman–Crippen LogP) is 0.553. The maximum absolute atomic E-state index is 5.16. The number of nitrogens with one attached hydrogen (secondary N) is 1. The van der Waals surface area contributed by atoms with Crippen LogP contribution in [0.25, 0.3) is 5.82 Å². The standard InChI is InChI=1S/C8H9N5/c9-10-7-3-4-8(12-11-7)13-5-1-2-6-13/h1-6H,9H2,(H,10,11). The number of rotatable bonds is 2. The summed E-state index contributed by atoms with van der Waals surface area (Å²) in [7, 11) is 0. The Morgan fingerprint density at radius 1 is 1.15 bits per heavy atom. The summed E-state index contributed by atoms with van der Waals surface area (Å²) in [5.74, 6) is 6.48. The van der Waals surface area contributed by atoms with Gasteiger partial charge >= 0.3 is 0 Å². The van der Waals surface area contributed by atoms with Crippen molar-refractivity contribution in [1.82, 2.24) is 14.8 Å². The van der Waals surface area contributed by atoms with Gasteiger partial charge in [0.1, 0.15) is 0 Å². The SMILES string of the molecule is NNc1ccc(-n2cccc2)nn1. The van der Waals surface area contributed by atoms with E-state index in [1.54, 1.807) is 6.07 Å². The highest BCUT2D eigenvalue weighted by atomic mass is 15.3. The largest absolute Gasteiger partial charge is 0.307 e. The van der Waals surface area contributed by atoms with E-state index in [0.29, 0.717) is 5.82 Å². The van der Waals surface area contributed by atoms with E-state index >= 15 is 0 Å². The van der Waals surface area contributed by atoms with Crippen LogP contribution in [0.15, 0.2) is 36.7 Å². The molecule has 0 spiro atoms. The van der Waals surface area contributed by atoms with Crippen LogP contribution in [0, 0.1) is 0 Å². The predicted molar refractivity (Wildman–Crippen MR) is 49.2 cm³/mol. The minimum Gasteiger partial charge on any atom is -0.307 e. The highest BCUT2D eigenvalue weighted by Crippen LogP contribution is 2.05. The molecule has 0 saturated carbocycles. The Morgan fingerprint density at radius 3 is 2.46 bits per heavy atom. The van der Waals surface area contributed by atoms with Gasteiger partial charge in [0, 0.05) is 12.4 Å². The normalized spacial score (nSPS) is 9.92. The van der Waals surface area contributed by atoms with Gasteiger partial charge in [-0.15, -0.1) is 10.2 Å². The van der Waals surface area contributed by atoms with E-state index in [0.717, 1.165) is 5.82 Å². The minimum atomic E-state index is 0.552. The third-order valence-corrected chi connectivity index (χ3v) is 1.67. The Hall–Kier alpha value is -1.88. The molecular formula is C8H9N5. The smallest absolute Gasteiger partial charge is 0.162 e. The van der Waals surface area contributed by atoms with Gasteiger partial charge in [0.2, 0.25) is 0 Å². The maximum Gasteiger partial charge on any atom is 0.162 e. The van der Waals surface area contributed by atoms with Crippen LogP contribution in [0.1, 0.15) is 0 Å². The van der Waals surface area contributed by atoms with Gasteiger partial charge in [0.15, 0.2) is 11.6 Å². The second-order valence-electron chi connectivity index (χ2n) is 2.51. The number of hydrogen-bond acceptors (Lipinski definition) is 4. The molecule has 0 aliphatic heterocycles. The van der Waals surface area contributed by atoms with Crippen LogP contribution < -0.4 is 11.3 Å². The molecular weight excluding hydrogens is 166 g/mol. The number of nitrogen functional groups attached to an aromatic ring is 1. The summed E-state index contributed by atoms with van der Waals surface area (Å²) in [5, 5.41) is 7.81. The molecule has 2 aromatic heterocycles. The molecule has 13 heavy (non-hydrogen) atoms. The molecule has 5 nitrogen and oxygen atoms in total. The highest BCUT2D eigenvalue weighted by molar-refractivity contribution is 5.35. The van der Waals surface area contributed by atoms with Crippen molar-refractivity contribution >= 4 is 5.82 Å². The molecule has 2 rings (SSSR count). The number of nitrogens with zero attached hydrogens (tertiary/aromatic N) is 3. The first kappa shape index (κ1) is 7.75. The summed E-state index contributed by atoms with van der Waals surface area (Å²) in [6.45, 7) is 0. The number of hydrazine groups is 1. The first-order valence-corrected chi connectivity index (χ1v) is 3.84. The molecule has 0 unspecified atom stereocenters. The van der Waals surface area contributed by atoms with Gasteiger partial charge < -0.3 is 9.99 Å². The van der Waals surface area contributed by atoms with Crippen molar-refractivity contribution in [2.75, 3.05) is 5.43 Å². The fourth-order valence-corrected chi connectivity index (χ4v) is 1.03. The Morgan fingerprint density at radius 2 is 1.92 bits per heavy atom. The molecule has 0 atom stereocenters. The molecule has 0 aliphatic rings.